The Morgan fingerprint density at radius 1 is 1.91 bits per heavy atom. The number of nitriles is 1. The summed E-state index contributed by atoms with van der Waals surface area (Å²) in [5.41, 5.74) is 5.86. The standard InChI is InChI=1S/C6H7N3O2/c7-2-1-4(8)5-3-6(10)11-9-5/h3-4,10H,1,8H2/t4-/m1/s1. The van der Waals surface area contributed by atoms with E-state index in [9.17, 15) is 0 Å². The van der Waals surface area contributed by atoms with Crippen LogP contribution in [0.1, 0.15) is 18.2 Å². The van der Waals surface area contributed by atoms with Crippen molar-refractivity contribution in [3.63, 3.8) is 0 Å². The molecule has 0 amide bonds. The van der Waals surface area contributed by atoms with Gasteiger partial charge in [-0.2, -0.15) is 5.26 Å². The molecule has 5 nitrogen and oxygen atoms in total. The first-order chi connectivity index (χ1) is 5.24. The Morgan fingerprint density at radius 3 is 3.09 bits per heavy atom. The molecule has 1 aromatic heterocycles. The molecular weight excluding hydrogens is 146 g/mol. The Bertz CT molecular complexity index is 276. The largest absolute Gasteiger partial charge is 0.479 e. The Morgan fingerprint density at radius 2 is 2.64 bits per heavy atom. The number of nitrogens with zero attached hydrogens (tertiary/aromatic N) is 2. The molecule has 0 radical (unpaired) electrons. The molecule has 1 heterocycles. The number of aromatic nitrogens is 1. The summed E-state index contributed by atoms with van der Waals surface area (Å²) in [6.45, 7) is 0. The molecule has 0 fully saturated rings. The molecule has 1 atom stereocenters. The highest BCUT2D eigenvalue weighted by Gasteiger charge is 2.10. The van der Waals surface area contributed by atoms with Gasteiger partial charge >= 0.3 is 5.95 Å². The van der Waals surface area contributed by atoms with Crippen LogP contribution < -0.4 is 5.73 Å². The van der Waals surface area contributed by atoms with Gasteiger partial charge in [0.05, 0.1) is 18.5 Å². The lowest BCUT2D eigenvalue weighted by molar-refractivity contribution is 0.275. The molecule has 1 rings (SSSR count). The molecule has 0 unspecified atom stereocenters. The van der Waals surface area contributed by atoms with Gasteiger partial charge in [-0.1, -0.05) is 5.16 Å². The van der Waals surface area contributed by atoms with Gasteiger partial charge in [-0.3, -0.25) is 0 Å². The van der Waals surface area contributed by atoms with Crippen LogP contribution in [0, 0.1) is 11.3 Å². The van der Waals surface area contributed by atoms with Crippen LogP contribution in [0.3, 0.4) is 0 Å². The first kappa shape index (κ1) is 7.57. The summed E-state index contributed by atoms with van der Waals surface area (Å²) < 4.78 is 4.35. The summed E-state index contributed by atoms with van der Waals surface area (Å²) in [6, 6.07) is 2.70. The van der Waals surface area contributed by atoms with Crippen molar-refractivity contribution in [3.05, 3.63) is 11.8 Å². The normalized spacial score (nSPS) is 12.4. The van der Waals surface area contributed by atoms with Crippen molar-refractivity contribution < 1.29 is 9.63 Å². The number of hydrogen-bond donors (Lipinski definition) is 2. The predicted molar refractivity (Wildman–Crippen MR) is 35.3 cm³/mol. The van der Waals surface area contributed by atoms with Crippen molar-refractivity contribution in [1.82, 2.24) is 5.16 Å². The van der Waals surface area contributed by atoms with Gasteiger partial charge in [0.1, 0.15) is 5.69 Å². The summed E-state index contributed by atoms with van der Waals surface area (Å²) in [7, 11) is 0. The van der Waals surface area contributed by atoms with Crippen LogP contribution in [0.5, 0.6) is 5.95 Å². The van der Waals surface area contributed by atoms with E-state index < -0.39 is 6.04 Å². The topological polar surface area (TPSA) is 96.1 Å². The minimum Gasteiger partial charge on any atom is -0.479 e. The molecule has 0 aromatic carbocycles. The zero-order valence-electron chi connectivity index (χ0n) is 5.69. The number of nitrogens with two attached hydrogens (primary N) is 1. The highest BCUT2D eigenvalue weighted by Crippen LogP contribution is 2.16. The number of aromatic hydroxyl groups is 1. The predicted octanol–water partition coefficient (Wildman–Crippen LogP) is 0.294. The van der Waals surface area contributed by atoms with E-state index in [-0.39, 0.29) is 12.4 Å². The van der Waals surface area contributed by atoms with Crippen molar-refractivity contribution >= 4 is 0 Å². The van der Waals surface area contributed by atoms with Crippen molar-refractivity contribution in [2.45, 2.75) is 12.5 Å². The molecule has 11 heavy (non-hydrogen) atoms. The molecule has 0 bridgehead atoms. The zero-order chi connectivity index (χ0) is 8.27. The van der Waals surface area contributed by atoms with E-state index in [4.69, 9.17) is 16.1 Å². The molecule has 0 aliphatic rings. The van der Waals surface area contributed by atoms with E-state index in [1.807, 2.05) is 6.07 Å². The van der Waals surface area contributed by atoms with Crippen molar-refractivity contribution in [3.8, 4) is 12.0 Å². The molecule has 0 aliphatic carbocycles. The zero-order valence-corrected chi connectivity index (χ0v) is 5.69. The Hall–Kier alpha value is -1.54. The SMILES string of the molecule is N#CC[C@@H](N)c1cc(O)on1. The van der Waals surface area contributed by atoms with Gasteiger partial charge in [0.15, 0.2) is 0 Å². The van der Waals surface area contributed by atoms with Gasteiger partial charge in [0.25, 0.3) is 0 Å². The van der Waals surface area contributed by atoms with E-state index in [0.717, 1.165) is 0 Å². The maximum atomic E-state index is 8.70. The van der Waals surface area contributed by atoms with Crippen LogP contribution in [0.4, 0.5) is 0 Å². The van der Waals surface area contributed by atoms with Crippen molar-refractivity contribution in [2.24, 2.45) is 5.73 Å². The quantitative estimate of drug-likeness (QED) is 0.636. The second kappa shape index (κ2) is 3.03. The smallest absolute Gasteiger partial charge is 0.309 e. The van der Waals surface area contributed by atoms with Gasteiger partial charge in [-0.15, -0.1) is 0 Å². The Kier molecular flexibility index (Phi) is 2.09. The van der Waals surface area contributed by atoms with E-state index in [2.05, 4.69) is 9.68 Å². The first-order valence-corrected chi connectivity index (χ1v) is 3.02. The maximum absolute atomic E-state index is 8.70. The number of rotatable bonds is 2. The molecule has 0 saturated carbocycles. The van der Waals surface area contributed by atoms with Gasteiger partial charge in [-0.25, -0.2) is 0 Å². The number of hydrogen-bond acceptors (Lipinski definition) is 5. The summed E-state index contributed by atoms with van der Waals surface area (Å²) in [5, 5.41) is 20.4. The molecule has 1 aromatic rings. The second-order valence-corrected chi connectivity index (χ2v) is 2.06. The maximum Gasteiger partial charge on any atom is 0.309 e. The molecule has 58 valence electrons. The molecule has 3 N–H and O–H groups in total. The van der Waals surface area contributed by atoms with Crippen molar-refractivity contribution in [1.29, 1.82) is 5.26 Å². The van der Waals surface area contributed by atoms with Crippen LogP contribution >= 0.6 is 0 Å². The Balaban J connectivity index is 2.70. The van der Waals surface area contributed by atoms with Crippen LogP contribution in [0.25, 0.3) is 0 Å². The summed E-state index contributed by atoms with van der Waals surface area (Å²) in [6.07, 6.45) is 0.159. The third-order valence-corrected chi connectivity index (χ3v) is 1.21. The minimum absolute atomic E-state index is 0.159. The van der Waals surface area contributed by atoms with Crippen LogP contribution in [0.15, 0.2) is 10.6 Å². The first-order valence-electron chi connectivity index (χ1n) is 3.02. The highest BCUT2D eigenvalue weighted by molar-refractivity contribution is 5.13. The van der Waals surface area contributed by atoms with E-state index in [1.54, 1.807) is 0 Å². The van der Waals surface area contributed by atoms with Gasteiger partial charge in [0, 0.05) is 6.07 Å². The molecular formula is C6H7N3O2. The van der Waals surface area contributed by atoms with Gasteiger partial charge in [-0.05, 0) is 0 Å². The third kappa shape index (κ3) is 1.69. The summed E-state index contributed by atoms with van der Waals surface area (Å²) in [5.74, 6) is -0.284. The van der Waals surface area contributed by atoms with Gasteiger partial charge < -0.3 is 15.4 Å². The molecule has 0 spiro atoms. The molecule has 5 heteroatoms. The lowest BCUT2D eigenvalue weighted by Crippen LogP contribution is -2.09. The van der Waals surface area contributed by atoms with Gasteiger partial charge in [0.2, 0.25) is 0 Å². The lowest BCUT2D eigenvalue weighted by atomic mass is 10.2. The van der Waals surface area contributed by atoms with Crippen LogP contribution in [0.2, 0.25) is 0 Å². The minimum atomic E-state index is -0.482. The van der Waals surface area contributed by atoms with E-state index >= 15 is 0 Å². The average molecular weight is 153 g/mol. The van der Waals surface area contributed by atoms with E-state index in [0.29, 0.717) is 5.69 Å². The fraction of sp³-hybridized carbons (Fsp3) is 0.333. The Labute approximate surface area is 63.0 Å². The monoisotopic (exact) mass is 153 g/mol. The fourth-order valence-electron chi connectivity index (χ4n) is 0.656. The molecule has 0 saturated heterocycles. The average Bonchev–Trinajstić information content (AvgIpc) is 2.36. The molecule has 0 aliphatic heterocycles. The lowest BCUT2D eigenvalue weighted by Gasteiger charge is -1.98. The van der Waals surface area contributed by atoms with E-state index in [1.165, 1.54) is 6.07 Å². The summed E-state index contributed by atoms with van der Waals surface area (Å²) >= 11 is 0. The van der Waals surface area contributed by atoms with Crippen LogP contribution in [-0.4, -0.2) is 10.3 Å². The highest BCUT2D eigenvalue weighted by atomic mass is 16.5. The fourth-order valence-corrected chi connectivity index (χ4v) is 0.656. The van der Waals surface area contributed by atoms with Crippen molar-refractivity contribution in [2.75, 3.05) is 0 Å². The second-order valence-electron chi connectivity index (χ2n) is 2.06. The van der Waals surface area contributed by atoms with Crippen LogP contribution in [-0.2, 0) is 0 Å². The summed E-state index contributed by atoms with van der Waals surface area (Å²) in [4.78, 5) is 0. The third-order valence-electron chi connectivity index (χ3n) is 1.21.